The average Bonchev–Trinajstić information content (AvgIpc) is 2.87. The van der Waals surface area contributed by atoms with Gasteiger partial charge in [0.2, 0.25) is 0 Å². The van der Waals surface area contributed by atoms with Gasteiger partial charge in [0.25, 0.3) is 0 Å². The van der Waals surface area contributed by atoms with Crippen LogP contribution in [0.25, 0.3) is 22.0 Å². The van der Waals surface area contributed by atoms with Crippen molar-refractivity contribution in [3.05, 3.63) is 52.9 Å². The summed E-state index contributed by atoms with van der Waals surface area (Å²) >= 11 is 5.92. The number of hydrogen-bond donors (Lipinski definition) is 1. The first kappa shape index (κ1) is 10.8. The molecule has 0 N–H and O–H groups in total. The van der Waals surface area contributed by atoms with Gasteiger partial charge in [-0.25, -0.2) is 4.98 Å². The maximum Gasteiger partial charge on any atom is 0.103 e. The molecule has 1 aromatic heterocycles. The zero-order valence-corrected chi connectivity index (χ0v) is 10.8. The second kappa shape index (κ2) is 4.51. The average molecular weight is 257 g/mol. The summed E-state index contributed by atoms with van der Waals surface area (Å²) < 4.78 is 0. The molecule has 0 saturated carbocycles. The minimum Gasteiger partial charge on any atom is -0.240 e. The van der Waals surface area contributed by atoms with Gasteiger partial charge in [-0.3, -0.25) is 0 Å². The van der Waals surface area contributed by atoms with Crippen molar-refractivity contribution in [1.82, 2.24) is 4.98 Å². The SMILES string of the molecule is SCc1nc(-c2cccc3ccccc23)cs1. The fraction of sp³-hybridized carbons (Fsp3) is 0.0714. The Labute approximate surface area is 110 Å². The number of benzene rings is 2. The minimum atomic E-state index is 0.704. The Morgan fingerprint density at radius 1 is 1.06 bits per heavy atom. The van der Waals surface area contributed by atoms with Crippen LogP contribution in [0.15, 0.2) is 47.8 Å². The Morgan fingerprint density at radius 2 is 1.88 bits per heavy atom. The lowest BCUT2D eigenvalue weighted by atomic mass is 10.0. The Bertz CT molecular complexity index is 653. The van der Waals surface area contributed by atoms with E-state index < -0.39 is 0 Å². The van der Waals surface area contributed by atoms with E-state index in [9.17, 15) is 0 Å². The van der Waals surface area contributed by atoms with E-state index in [1.54, 1.807) is 11.3 Å². The predicted molar refractivity (Wildman–Crippen MR) is 77.7 cm³/mol. The molecule has 0 aliphatic heterocycles. The molecule has 3 aromatic rings. The van der Waals surface area contributed by atoms with Gasteiger partial charge in [-0.15, -0.1) is 11.3 Å². The van der Waals surface area contributed by atoms with Gasteiger partial charge in [0.15, 0.2) is 0 Å². The van der Waals surface area contributed by atoms with E-state index in [-0.39, 0.29) is 0 Å². The largest absolute Gasteiger partial charge is 0.240 e. The van der Waals surface area contributed by atoms with Crippen LogP contribution in [0, 0.1) is 0 Å². The third kappa shape index (κ3) is 1.96. The van der Waals surface area contributed by atoms with Gasteiger partial charge >= 0.3 is 0 Å². The van der Waals surface area contributed by atoms with Crippen LogP contribution >= 0.6 is 24.0 Å². The van der Waals surface area contributed by atoms with Crippen molar-refractivity contribution >= 4 is 34.7 Å². The number of thiazole rings is 1. The minimum absolute atomic E-state index is 0.704. The number of thiol groups is 1. The van der Waals surface area contributed by atoms with E-state index in [0.717, 1.165) is 10.7 Å². The summed E-state index contributed by atoms with van der Waals surface area (Å²) in [4.78, 5) is 4.59. The van der Waals surface area contributed by atoms with Crippen LogP contribution in [0.1, 0.15) is 5.01 Å². The Kier molecular flexibility index (Phi) is 2.87. The van der Waals surface area contributed by atoms with Gasteiger partial charge in [-0.2, -0.15) is 12.6 Å². The number of nitrogens with zero attached hydrogens (tertiary/aromatic N) is 1. The van der Waals surface area contributed by atoms with Gasteiger partial charge < -0.3 is 0 Å². The summed E-state index contributed by atoms with van der Waals surface area (Å²) in [6.07, 6.45) is 0. The zero-order chi connectivity index (χ0) is 11.7. The normalized spacial score (nSPS) is 10.9. The zero-order valence-electron chi connectivity index (χ0n) is 9.13. The van der Waals surface area contributed by atoms with Gasteiger partial charge in [0.1, 0.15) is 5.01 Å². The van der Waals surface area contributed by atoms with Crippen LogP contribution in [0.4, 0.5) is 0 Å². The van der Waals surface area contributed by atoms with Crippen molar-refractivity contribution < 1.29 is 0 Å². The molecule has 0 saturated heterocycles. The molecule has 0 unspecified atom stereocenters. The summed E-state index contributed by atoms with van der Waals surface area (Å²) in [6.45, 7) is 0. The first-order chi connectivity index (χ1) is 8.38. The molecule has 3 heteroatoms. The number of aromatic nitrogens is 1. The quantitative estimate of drug-likeness (QED) is 0.672. The summed E-state index contributed by atoms with van der Waals surface area (Å²) in [5, 5.41) is 5.68. The second-order valence-corrected chi connectivity index (χ2v) is 5.07. The highest BCUT2D eigenvalue weighted by molar-refractivity contribution is 7.79. The van der Waals surface area contributed by atoms with Crippen molar-refractivity contribution in [3.63, 3.8) is 0 Å². The van der Waals surface area contributed by atoms with Crippen LogP contribution in [-0.4, -0.2) is 4.98 Å². The maximum absolute atomic E-state index is 4.59. The predicted octanol–water partition coefficient (Wildman–Crippen LogP) is 4.39. The monoisotopic (exact) mass is 257 g/mol. The van der Waals surface area contributed by atoms with Crippen LogP contribution < -0.4 is 0 Å². The summed E-state index contributed by atoms with van der Waals surface area (Å²) in [6, 6.07) is 14.7. The molecule has 0 aliphatic rings. The van der Waals surface area contributed by atoms with Gasteiger partial charge in [-0.05, 0) is 10.8 Å². The van der Waals surface area contributed by atoms with Gasteiger partial charge in [0, 0.05) is 16.7 Å². The lowest BCUT2D eigenvalue weighted by Gasteiger charge is -2.03. The third-order valence-electron chi connectivity index (χ3n) is 2.75. The number of rotatable bonds is 2. The highest BCUT2D eigenvalue weighted by Crippen LogP contribution is 2.29. The van der Waals surface area contributed by atoms with E-state index in [1.807, 2.05) is 0 Å². The summed E-state index contributed by atoms with van der Waals surface area (Å²) in [7, 11) is 0. The standard InChI is InChI=1S/C14H11NS2/c16-8-14-15-13(9-17-14)12-7-3-5-10-4-1-2-6-11(10)12/h1-7,9,16H,8H2. The fourth-order valence-electron chi connectivity index (χ4n) is 1.96. The van der Waals surface area contributed by atoms with Crippen LogP contribution in [-0.2, 0) is 5.75 Å². The Balaban J connectivity index is 2.23. The smallest absolute Gasteiger partial charge is 0.103 e. The molecule has 0 radical (unpaired) electrons. The van der Waals surface area contributed by atoms with Crippen molar-refractivity contribution in [1.29, 1.82) is 0 Å². The Hall–Kier alpha value is -1.32. The van der Waals surface area contributed by atoms with Gasteiger partial charge in [-0.1, -0.05) is 42.5 Å². The molecule has 84 valence electrons. The van der Waals surface area contributed by atoms with Crippen LogP contribution in [0.3, 0.4) is 0 Å². The molecule has 0 aliphatic carbocycles. The topological polar surface area (TPSA) is 12.9 Å². The van der Waals surface area contributed by atoms with Crippen LogP contribution in [0.5, 0.6) is 0 Å². The second-order valence-electron chi connectivity index (χ2n) is 3.81. The van der Waals surface area contributed by atoms with E-state index in [1.165, 1.54) is 16.3 Å². The molecule has 0 fully saturated rings. The van der Waals surface area contributed by atoms with Crippen molar-refractivity contribution in [2.75, 3.05) is 0 Å². The maximum atomic E-state index is 4.59. The molecule has 0 bridgehead atoms. The molecular weight excluding hydrogens is 246 g/mol. The number of hydrogen-bond acceptors (Lipinski definition) is 3. The van der Waals surface area contributed by atoms with Gasteiger partial charge in [0.05, 0.1) is 5.69 Å². The highest BCUT2D eigenvalue weighted by Gasteiger charge is 2.06. The first-order valence-corrected chi connectivity index (χ1v) is 6.93. The van der Waals surface area contributed by atoms with Crippen molar-refractivity contribution in [3.8, 4) is 11.3 Å². The molecule has 1 nitrogen and oxygen atoms in total. The van der Waals surface area contributed by atoms with E-state index in [4.69, 9.17) is 0 Å². The van der Waals surface area contributed by atoms with E-state index in [2.05, 4.69) is 65.5 Å². The van der Waals surface area contributed by atoms with Crippen LogP contribution in [0.2, 0.25) is 0 Å². The fourth-order valence-corrected chi connectivity index (χ4v) is 2.90. The van der Waals surface area contributed by atoms with E-state index in [0.29, 0.717) is 5.75 Å². The summed E-state index contributed by atoms with van der Waals surface area (Å²) in [5.74, 6) is 0.704. The molecule has 17 heavy (non-hydrogen) atoms. The first-order valence-electron chi connectivity index (χ1n) is 5.42. The lowest BCUT2D eigenvalue weighted by molar-refractivity contribution is 1.28. The summed E-state index contributed by atoms with van der Waals surface area (Å²) in [5.41, 5.74) is 2.25. The van der Waals surface area contributed by atoms with Crippen molar-refractivity contribution in [2.45, 2.75) is 5.75 Å². The molecule has 2 aromatic carbocycles. The highest BCUT2D eigenvalue weighted by atomic mass is 32.1. The third-order valence-corrected chi connectivity index (χ3v) is 4.11. The van der Waals surface area contributed by atoms with E-state index >= 15 is 0 Å². The molecule has 0 amide bonds. The molecular formula is C14H11NS2. The molecule has 0 spiro atoms. The Morgan fingerprint density at radius 3 is 2.71 bits per heavy atom. The van der Waals surface area contributed by atoms with Crippen molar-refractivity contribution in [2.24, 2.45) is 0 Å². The number of fused-ring (bicyclic) bond motifs is 1. The lowest BCUT2D eigenvalue weighted by Crippen LogP contribution is -1.82. The molecule has 0 atom stereocenters. The molecule has 3 rings (SSSR count). The molecule has 1 heterocycles.